The third-order valence-corrected chi connectivity index (χ3v) is 4.30. The Morgan fingerprint density at radius 1 is 0.962 bits per heavy atom. The molecule has 0 saturated heterocycles. The van der Waals surface area contributed by atoms with Crippen molar-refractivity contribution in [3.05, 3.63) is 71.3 Å². The second-order valence-corrected chi connectivity index (χ2v) is 6.49. The van der Waals surface area contributed by atoms with Crippen molar-refractivity contribution >= 4 is 29.5 Å². The number of aryl methyl sites for hydroxylation is 1. The van der Waals surface area contributed by atoms with E-state index < -0.39 is 24.4 Å². The highest BCUT2D eigenvalue weighted by atomic mass is 32.2. The number of esters is 1. The van der Waals surface area contributed by atoms with Crippen molar-refractivity contribution in [3.63, 3.8) is 0 Å². The van der Waals surface area contributed by atoms with E-state index in [2.05, 4.69) is 10.9 Å². The van der Waals surface area contributed by atoms with E-state index in [4.69, 9.17) is 4.74 Å². The zero-order valence-corrected chi connectivity index (χ0v) is 15.2. The average Bonchev–Trinajstić information content (AvgIpc) is 2.66. The summed E-state index contributed by atoms with van der Waals surface area (Å²) in [6, 6.07) is 16.5. The van der Waals surface area contributed by atoms with E-state index in [-0.39, 0.29) is 5.75 Å². The van der Waals surface area contributed by atoms with Crippen LogP contribution in [0.4, 0.5) is 0 Å². The third kappa shape index (κ3) is 6.98. The largest absolute Gasteiger partial charge is 0.455 e. The van der Waals surface area contributed by atoms with E-state index in [1.54, 1.807) is 30.3 Å². The highest BCUT2D eigenvalue weighted by Crippen LogP contribution is 2.13. The number of hydrazine groups is 1. The van der Waals surface area contributed by atoms with Crippen molar-refractivity contribution < 1.29 is 19.1 Å². The number of thioether (sulfide) groups is 1. The normalized spacial score (nSPS) is 10.0. The minimum atomic E-state index is -0.605. The SMILES string of the molecule is Cc1ccc(CSCC(=O)OCC(=O)NNC(=O)c2ccccc2)cc1. The summed E-state index contributed by atoms with van der Waals surface area (Å²) in [5.74, 6) is -0.691. The van der Waals surface area contributed by atoms with Crippen LogP contribution >= 0.6 is 11.8 Å². The summed E-state index contributed by atoms with van der Waals surface area (Å²) in [5.41, 5.74) is 7.18. The number of hydrogen-bond acceptors (Lipinski definition) is 5. The van der Waals surface area contributed by atoms with Gasteiger partial charge in [-0.15, -0.1) is 11.8 Å². The summed E-state index contributed by atoms with van der Waals surface area (Å²) >= 11 is 1.41. The lowest BCUT2D eigenvalue weighted by Gasteiger charge is -2.08. The van der Waals surface area contributed by atoms with Crippen molar-refractivity contribution in [2.75, 3.05) is 12.4 Å². The molecule has 136 valence electrons. The first-order valence-electron chi connectivity index (χ1n) is 7.98. The number of hydrogen-bond donors (Lipinski definition) is 2. The van der Waals surface area contributed by atoms with Gasteiger partial charge in [-0.05, 0) is 24.6 Å². The molecular formula is C19H20N2O4S. The van der Waals surface area contributed by atoms with Gasteiger partial charge in [0.25, 0.3) is 11.8 Å². The molecule has 2 rings (SSSR count). The molecule has 0 bridgehead atoms. The van der Waals surface area contributed by atoms with Crippen LogP contribution in [-0.4, -0.2) is 30.1 Å². The van der Waals surface area contributed by atoms with E-state index in [1.807, 2.05) is 31.2 Å². The van der Waals surface area contributed by atoms with E-state index >= 15 is 0 Å². The molecule has 0 unspecified atom stereocenters. The molecule has 0 heterocycles. The molecule has 2 aromatic carbocycles. The molecule has 0 atom stereocenters. The fourth-order valence-electron chi connectivity index (χ4n) is 1.95. The van der Waals surface area contributed by atoms with Gasteiger partial charge in [0.2, 0.25) is 0 Å². The molecule has 0 aliphatic carbocycles. The number of carbonyl (C=O) groups excluding carboxylic acids is 3. The fourth-order valence-corrected chi connectivity index (χ4v) is 2.73. The molecule has 0 spiro atoms. The molecule has 26 heavy (non-hydrogen) atoms. The molecule has 0 saturated carbocycles. The van der Waals surface area contributed by atoms with E-state index in [0.29, 0.717) is 11.3 Å². The highest BCUT2D eigenvalue weighted by molar-refractivity contribution is 7.99. The Labute approximate surface area is 156 Å². The monoisotopic (exact) mass is 372 g/mol. The number of rotatable bonds is 7. The molecule has 2 N–H and O–H groups in total. The van der Waals surface area contributed by atoms with Gasteiger partial charge >= 0.3 is 5.97 Å². The van der Waals surface area contributed by atoms with Crippen LogP contribution in [0.15, 0.2) is 54.6 Å². The second-order valence-electron chi connectivity index (χ2n) is 5.51. The van der Waals surface area contributed by atoms with Gasteiger partial charge in [0.05, 0.1) is 5.75 Å². The maximum absolute atomic E-state index is 11.7. The summed E-state index contributed by atoms with van der Waals surface area (Å²) in [6.07, 6.45) is 0. The Balaban J connectivity index is 1.60. The summed E-state index contributed by atoms with van der Waals surface area (Å²) in [5, 5.41) is 0. The molecule has 2 amide bonds. The Bertz CT molecular complexity index is 748. The number of nitrogens with one attached hydrogen (secondary N) is 2. The van der Waals surface area contributed by atoms with Gasteiger partial charge in [0.15, 0.2) is 6.61 Å². The predicted molar refractivity (Wildman–Crippen MR) is 100 cm³/mol. The quantitative estimate of drug-likeness (QED) is 0.575. The molecule has 0 radical (unpaired) electrons. The number of amides is 2. The first-order chi connectivity index (χ1) is 12.5. The maximum atomic E-state index is 11.7. The van der Waals surface area contributed by atoms with Crippen molar-refractivity contribution in [3.8, 4) is 0 Å². The predicted octanol–water partition coefficient (Wildman–Crippen LogP) is 2.23. The lowest BCUT2D eigenvalue weighted by molar-refractivity contribution is -0.146. The molecule has 7 heteroatoms. The Morgan fingerprint density at radius 2 is 1.65 bits per heavy atom. The van der Waals surface area contributed by atoms with Crippen LogP contribution in [0.2, 0.25) is 0 Å². The van der Waals surface area contributed by atoms with Gasteiger partial charge in [0.1, 0.15) is 0 Å². The van der Waals surface area contributed by atoms with E-state index in [0.717, 1.165) is 5.56 Å². The smallest absolute Gasteiger partial charge is 0.316 e. The standard InChI is InChI=1S/C19H20N2O4S/c1-14-7-9-15(10-8-14)12-26-13-18(23)25-11-17(22)20-21-19(24)16-5-3-2-4-6-16/h2-10H,11-13H2,1H3,(H,20,22)(H,21,24). The Kier molecular flexibility index (Phi) is 7.70. The average molecular weight is 372 g/mol. The zero-order valence-electron chi connectivity index (χ0n) is 14.4. The number of benzene rings is 2. The summed E-state index contributed by atoms with van der Waals surface area (Å²) in [7, 11) is 0. The van der Waals surface area contributed by atoms with Crippen molar-refractivity contribution in [1.29, 1.82) is 0 Å². The van der Waals surface area contributed by atoms with Crippen LogP contribution in [-0.2, 0) is 20.1 Å². The molecule has 0 aromatic heterocycles. The van der Waals surface area contributed by atoms with Gasteiger partial charge in [-0.25, -0.2) is 0 Å². The van der Waals surface area contributed by atoms with Crippen LogP contribution in [0, 0.1) is 6.92 Å². The Hall–Kier alpha value is -2.80. The van der Waals surface area contributed by atoms with E-state index in [9.17, 15) is 14.4 Å². The number of carbonyl (C=O) groups is 3. The summed E-state index contributed by atoms with van der Waals surface area (Å²) in [4.78, 5) is 35.0. The van der Waals surface area contributed by atoms with Crippen LogP contribution in [0.3, 0.4) is 0 Å². The molecular weight excluding hydrogens is 352 g/mol. The lowest BCUT2D eigenvalue weighted by atomic mass is 10.2. The van der Waals surface area contributed by atoms with E-state index in [1.165, 1.54) is 17.3 Å². The lowest BCUT2D eigenvalue weighted by Crippen LogP contribution is -2.43. The molecule has 0 aliphatic rings. The number of ether oxygens (including phenoxy) is 1. The van der Waals surface area contributed by atoms with Crippen LogP contribution in [0.25, 0.3) is 0 Å². The third-order valence-electron chi connectivity index (χ3n) is 3.32. The minimum Gasteiger partial charge on any atom is -0.455 e. The first kappa shape index (κ1) is 19.5. The molecule has 0 fully saturated rings. The second kappa shape index (κ2) is 10.2. The fraction of sp³-hybridized carbons (Fsp3) is 0.211. The van der Waals surface area contributed by atoms with Crippen molar-refractivity contribution in [2.45, 2.75) is 12.7 Å². The maximum Gasteiger partial charge on any atom is 0.316 e. The van der Waals surface area contributed by atoms with Crippen LogP contribution in [0.1, 0.15) is 21.5 Å². The van der Waals surface area contributed by atoms with Gasteiger partial charge in [-0.1, -0.05) is 48.0 Å². The highest BCUT2D eigenvalue weighted by Gasteiger charge is 2.10. The summed E-state index contributed by atoms with van der Waals surface area (Å²) < 4.78 is 4.88. The van der Waals surface area contributed by atoms with Gasteiger partial charge < -0.3 is 4.74 Å². The van der Waals surface area contributed by atoms with Crippen molar-refractivity contribution in [2.24, 2.45) is 0 Å². The zero-order chi connectivity index (χ0) is 18.8. The van der Waals surface area contributed by atoms with Crippen molar-refractivity contribution in [1.82, 2.24) is 10.9 Å². The van der Waals surface area contributed by atoms with Gasteiger partial charge in [-0.3, -0.25) is 25.2 Å². The van der Waals surface area contributed by atoms with Crippen LogP contribution in [0.5, 0.6) is 0 Å². The first-order valence-corrected chi connectivity index (χ1v) is 9.13. The molecule has 2 aromatic rings. The topological polar surface area (TPSA) is 84.5 Å². The summed E-state index contributed by atoms with van der Waals surface area (Å²) in [6.45, 7) is 1.57. The van der Waals surface area contributed by atoms with Gasteiger partial charge in [0, 0.05) is 11.3 Å². The molecule has 0 aliphatic heterocycles. The molecule has 6 nitrogen and oxygen atoms in total. The Morgan fingerprint density at radius 3 is 2.35 bits per heavy atom. The minimum absolute atomic E-state index is 0.150. The van der Waals surface area contributed by atoms with Gasteiger partial charge in [-0.2, -0.15) is 0 Å². The van der Waals surface area contributed by atoms with Crippen LogP contribution < -0.4 is 10.9 Å².